The number of aryl methyl sites for hydroxylation is 2. The number of thiazole rings is 1. The van der Waals surface area contributed by atoms with E-state index in [-0.39, 0.29) is 18.4 Å². The molecule has 2 aromatic carbocycles. The van der Waals surface area contributed by atoms with Gasteiger partial charge in [-0.25, -0.2) is 0 Å². The van der Waals surface area contributed by atoms with E-state index in [0.29, 0.717) is 11.4 Å². The number of carbonyl (C=O) groups is 2. The second kappa shape index (κ2) is 8.80. The highest BCUT2D eigenvalue weighted by Gasteiger charge is 2.14. The molecule has 0 bridgehead atoms. The van der Waals surface area contributed by atoms with Crippen LogP contribution in [0.2, 0.25) is 0 Å². The van der Waals surface area contributed by atoms with Crippen molar-refractivity contribution in [3.8, 4) is 0 Å². The van der Waals surface area contributed by atoms with Gasteiger partial charge in [-0.3, -0.25) is 9.59 Å². The van der Waals surface area contributed by atoms with Crippen LogP contribution >= 0.6 is 11.3 Å². The molecule has 28 heavy (non-hydrogen) atoms. The van der Waals surface area contributed by atoms with E-state index in [1.807, 2.05) is 50.2 Å². The summed E-state index contributed by atoms with van der Waals surface area (Å²) in [7, 11) is 0. The van der Waals surface area contributed by atoms with Gasteiger partial charge in [0.05, 0.1) is 16.8 Å². The average molecular weight is 394 g/mol. The van der Waals surface area contributed by atoms with Gasteiger partial charge < -0.3 is 9.30 Å². The Morgan fingerprint density at radius 3 is 2.64 bits per heavy atom. The molecule has 6 heteroatoms. The number of hydrogen-bond acceptors (Lipinski definition) is 4. The van der Waals surface area contributed by atoms with Crippen molar-refractivity contribution in [2.45, 2.75) is 27.3 Å². The summed E-state index contributed by atoms with van der Waals surface area (Å²) in [5.41, 5.74) is 3.98. The first-order chi connectivity index (χ1) is 13.5. The maximum atomic E-state index is 12.4. The molecule has 0 N–H and O–H groups in total. The minimum Gasteiger partial charge on any atom is -0.465 e. The predicted molar refractivity (Wildman–Crippen MR) is 112 cm³/mol. The lowest BCUT2D eigenvalue weighted by molar-refractivity contribution is -0.143. The second-order valence-corrected chi connectivity index (χ2v) is 7.41. The molecule has 0 aliphatic rings. The monoisotopic (exact) mass is 394 g/mol. The molecule has 3 rings (SSSR count). The summed E-state index contributed by atoms with van der Waals surface area (Å²) < 4.78 is 7.85. The van der Waals surface area contributed by atoms with Crippen LogP contribution in [0.4, 0.5) is 0 Å². The third-order valence-corrected chi connectivity index (χ3v) is 5.15. The zero-order valence-corrected chi connectivity index (χ0v) is 17.0. The van der Waals surface area contributed by atoms with Crippen LogP contribution in [0.5, 0.6) is 0 Å². The number of nitrogens with zero attached hydrogens (tertiary/aromatic N) is 2. The third kappa shape index (κ3) is 4.64. The average Bonchev–Trinajstić information content (AvgIpc) is 2.98. The number of hydrogen-bond donors (Lipinski definition) is 0. The molecule has 0 saturated carbocycles. The molecule has 0 saturated heterocycles. The van der Waals surface area contributed by atoms with Crippen LogP contribution < -0.4 is 4.80 Å². The number of carbonyl (C=O) groups excluding carboxylic acids is 2. The van der Waals surface area contributed by atoms with Gasteiger partial charge >= 0.3 is 5.97 Å². The normalized spacial score (nSPS) is 12.0. The van der Waals surface area contributed by atoms with Gasteiger partial charge in [-0.15, -0.1) is 0 Å². The van der Waals surface area contributed by atoms with Gasteiger partial charge in [-0.2, -0.15) is 4.99 Å². The predicted octanol–water partition coefficient (Wildman–Crippen LogP) is 4.02. The molecule has 0 aliphatic heterocycles. The van der Waals surface area contributed by atoms with Crippen molar-refractivity contribution in [2.24, 2.45) is 4.99 Å². The second-order valence-electron chi connectivity index (χ2n) is 6.40. The SMILES string of the molecule is CCOC(=O)Cn1c(=NC(=O)C=Cc2ccccc2)sc2cc(C)cc(C)c21. The minimum atomic E-state index is -0.373. The molecule has 0 aliphatic carbocycles. The van der Waals surface area contributed by atoms with E-state index in [4.69, 9.17) is 4.74 Å². The van der Waals surface area contributed by atoms with E-state index in [9.17, 15) is 9.59 Å². The van der Waals surface area contributed by atoms with E-state index in [2.05, 4.69) is 11.1 Å². The molecule has 0 atom stereocenters. The third-order valence-electron chi connectivity index (χ3n) is 4.13. The van der Waals surface area contributed by atoms with Crippen LogP contribution in [-0.2, 0) is 20.9 Å². The van der Waals surface area contributed by atoms with Gasteiger partial charge in [-0.05, 0) is 49.6 Å². The summed E-state index contributed by atoms with van der Waals surface area (Å²) in [5.74, 6) is -0.724. The number of ether oxygens (including phenoxy) is 1. The van der Waals surface area contributed by atoms with Crippen molar-refractivity contribution in [2.75, 3.05) is 6.61 Å². The summed E-state index contributed by atoms with van der Waals surface area (Å²) in [6.45, 7) is 6.11. The molecule has 0 unspecified atom stereocenters. The molecule has 0 radical (unpaired) electrons. The first-order valence-corrected chi connectivity index (χ1v) is 9.87. The number of amides is 1. The number of fused-ring (bicyclic) bond motifs is 1. The molecular weight excluding hydrogens is 372 g/mol. The van der Waals surface area contributed by atoms with Crippen LogP contribution in [0.1, 0.15) is 23.6 Å². The molecule has 0 fully saturated rings. The number of benzene rings is 2. The van der Waals surface area contributed by atoms with E-state index in [0.717, 1.165) is 26.9 Å². The van der Waals surface area contributed by atoms with Crippen molar-refractivity contribution in [1.82, 2.24) is 4.57 Å². The molecule has 3 aromatic rings. The van der Waals surface area contributed by atoms with E-state index >= 15 is 0 Å². The number of esters is 1. The Hall–Kier alpha value is -2.99. The van der Waals surface area contributed by atoms with Gasteiger partial charge in [0, 0.05) is 6.08 Å². The van der Waals surface area contributed by atoms with Gasteiger partial charge in [-0.1, -0.05) is 47.7 Å². The topological polar surface area (TPSA) is 60.7 Å². The standard InChI is InChI=1S/C22H22N2O3S/c1-4-27-20(26)14-24-21-16(3)12-15(2)13-18(21)28-22(24)23-19(25)11-10-17-8-6-5-7-9-17/h5-13H,4,14H2,1-3H3. The lowest BCUT2D eigenvalue weighted by atomic mass is 10.1. The molecular formula is C22H22N2O3S. The Bertz CT molecular complexity index is 1110. The fourth-order valence-corrected chi connectivity index (χ4v) is 4.23. The number of aromatic nitrogens is 1. The van der Waals surface area contributed by atoms with Crippen LogP contribution in [0.25, 0.3) is 16.3 Å². The van der Waals surface area contributed by atoms with Gasteiger partial charge in [0.1, 0.15) is 6.54 Å². The van der Waals surface area contributed by atoms with Crippen LogP contribution in [0.15, 0.2) is 53.5 Å². The van der Waals surface area contributed by atoms with Crippen molar-refractivity contribution >= 4 is 39.5 Å². The first-order valence-electron chi connectivity index (χ1n) is 9.06. The summed E-state index contributed by atoms with van der Waals surface area (Å²) >= 11 is 1.40. The van der Waals surface area contributed by atoms with Gasteiger partial charge in [0.25, 0.3) is 5.91 Å². The lowest BCUT2D eigenvalue weighted by Crippen LogP contribution is -2.23. The summed E-state index contributed by atoms with van der Waals surface area (Å²) in [6, 6.07) is 13.7. The Morgan fingerprint density at radius 1 is 1.18 bits per heavy atom. The lowest BCUT2D eigenvalue weighted by Gasteiger charge is -2.07. The largest absolute Gasteiger partial charge is 0.465 e. The summed E-state index contributed by atoms with van der Waals surface area (Å²) in [4.78, 5) is 29.2. The van der Waals surface area contributed by atoms with Crippen molar-refractivity contribution in [1.29, 1.82) is 0 Å². The van der Waals surface area contributed by atoms with Crippen LogP contribution in [0, 0.1) is 13.8 Å². The summed E-state index contributed by atoms with van der Waals surface area (Å²) in [5, 5.41) is 0. The fourth-order valence-electron chi connectivity index (χ4n) is 3.02. The highest BCUT2D eigenvalue weighted by Crippen LogP contribution is 2.23. The summed E-state index contributed by atoms with van der Waals surface area (Å²) in [6.07, 6.45) is 3.16. The molecule has 1 amide bonds. The van der Waals surface area contributed by atoms with Gasteiger partial charge in [0.2, 0.25) is 0 Å². The maximum Gasteiger partial charge on any atom is 0.326 e. The van der Waals surface area contributed by atoms with E-state index in [1.165, 1.54) is 17.4 Å². The van der Waals surface area contributed by atoms with E-state index in [1.54, 1.807) is 17.6 Å². The quantitative estimate of drug-likeness (QED) is 0.485. The Labute approximate surface area is 167 Å². The zero-order valence-electron chi connectivity index (χ0n) is 16.1. The van der Waals surface area contributed by atoms with Crippen LogP contribution in [-0.4, -0.2) is 23.1 Å². The minimum absolute atomic E-state index is 0.0201. The molecule has 1 heterocycles. The molecule has 0 spiro atoms. The Morgan fingerprint density at radius 2 is 1.93 bits per heavy atom. The van der Waals surface area contributed by atoms with Crippen molar-refractivity contribution in [3.63, 3.8) is 0 Å². The molecule has 144 valence electrons. The highest BCUT2D eigenvalue weighted by atomic mass is 32.1. The smallest absolute Gasteiger partial charge is 0.326 e. The van der Waals surface area contributed by atoms with E-state index < -0.39 is 0 Å². The van der Waals surface area contributed by atoms with Gasteiger partial charge in [0.15, 0.2) is 4.80 Å². The highest BCUT2D eigenvalue weighted by molar-refractivity contribution is 7.16. The van der Waals surface area contributed by atoms with Crippen molar-refractivity contribution in [3.05, 3.63) is 70.0 Å². The maximum absolute atomic E-state index is 12.4. The van der Waals surface area contributed by atoms with Crippen LogP contribution in [0.3, 0.4) is 0 Å². The first kappa shape index (κ1) is 19.8. The number of rotatable bonds is 5. The zero-order chi connectivity index (χ0) is 20.1. The molecule has 1 aromatic heterocycles. The van der Waals surface area contributed by atoms with Crippen molar-refractivity contribution < 1.29 is 14.3 Å². The molecule has 5 nitrogen and oxygen atoms in total. The Balaban J connectivity index is 2.04. The Kier molecular flexibility index (Phi) is 6.21. The fraction of sp³-hybridized carbons (Fsp3) is 0.227.